The zero-order valence-electron chi connectivity index (χ0n) is 11.8. The second-order valence-corrected chi connectivity index (χ2v) is 5.94. The monoisotopic (exact) mass is 254 g/mol. The van der Waals surface area contributed by atoms with Crippen LogP contribution in [0.25, 0.3) is 10.9 Å². The van der Waals surface area contributed by atoms with Crippen LogP contribution in [-0.2, 0) is 0 Å². The highest BCUT2D eigenvalue weighted by atomic mass is 14.9. The lowest BCUT2D eigenvalue weighted by atomic mass is 9.87. The highest BCUT2D eigenvalue weighted by Crippen LogP contribution is 2.29. The summed E-state index contributed by atoms with van der Waals surface area (Å²) < 4.78 is 0. The van der Waals surface area contributed by atoms with Gasteiger partial charge in [-0.1, -0.05) is 38.0 Å². The number of benzene rings is 1. The first-order valence-corrected chi connectivity index (χ1v) is 7.35. The van der Waals surface area contributed by atoms with Gasteiger partial charge in [-0.05, 0) is 37.8 Å². The molecule has 0 amide bonds. The van der Waals surface area contributed by atoms with Crippen LogP contribution in [0.1, 0.15) is 38.3 Å². The first-order valence-electron chi connectivity index (χ1n) is 7.35. The molecule has 2 heteroatoms. The fourth-order valence-electron chi connectivity index (χ4n) is 3.21. The van der Waals surface area contributed by atoms with Gasteiger partial charge in [0.15, 0.2) is 0 Å². The van der Waals surface area contributed by atoms with Gasteiger partial charge < -0.3 is 5.32 Å². The Hall–Kier alpha value is -1.57. The molecule has 1 aliphatic carbocycles. The van der Waals surface area contributed by atoms with E-state index in [-0.39, 0.29) is 0 Å². The second-order valence-electron chi connectivity index (χ2n) is 5.94. The van der Waals surface area contributed by atoms with Gasteiger partial charge in [0.1, 0.15) is 0 Å². The van der Waals surface area contributed by atoms with Crippen molar-refractivity contribution in [2.24, 2.45) is 5.92 Å². The van der Waals surface area contributed by atoms with E-state index in [0.717, 1.165) is 17.1 Å². The quantitative estimate of drug-likeness (QED) is 0.851. The van der Waals surface area contributed by atoms with E-state index in [1.54, 1.807) is 0 Å². The zero-order chi connectivity index (χ0) is 13.2. The highest BCUT2D eigenvalue weighted by molar-refractivity contribution is 5.91. The van der Waals surface area contributed by atoms with E-state index in [2.05, 4.69) is 54.5 Å². The minimum Gasteiger partial charge on any atom is -0.382 e. The lowest BCUT2D eigenvalue weighted by Crippen LogP contribution is -2.26. The number of aromatic nitrogens is 1. The molecule has 0 aliphatic heterocycles. The van der Waals surface area contributed by atoms with E-state index >= 15 is 0 Å². The SMILES string of the molecule is Cc1cc(NC2CCCC(C)C2)c2ccccc2n1. The molecule has 2 aromatic rings. The Labute approximate surface area is 115 Å². The summed E-state index contributed by atoms with van der Waals surface area (Å²) in [7, 11) is 0. The Morgan fingerprint density at radius 1 is 1.21 bits per heavy atom. The van der Waals surface area contributed by atoms with Crippen molar-refractivity contribution in [2.75, 3.05) is 5.32 Å². The van der Waals surface area contributed by atoms with Crippen LogP contribution < -0.4 is 5.32 Å². The molecule has 2 nitrogen and oxygen atoms in total. The summed E-state index contributed by atoms with van der Waals surface area (Å²) in [5.74, 6) is 0.848. The fourth-order valence-corrected chi connectivity index (χ4v) is 3.21. The van der Waals surface area contributed by atoms with Gasteiger partial charge in [0.05, 0.1) is 5.52 Å². The number of fused-ring (bicyclic) bond motifs is 1. The van der Waals surface area contributed by atoms with Crippen molar-refractivity contribution >= 4 is 16.6 Å². The predicted molar refractivity (Wildman–Crippen MR) is 81.5 cm³/mol. The largest absolute Gasteiger partial charge is 0.382 e. The molecule has 100 valence electrons. The minimum atomic E-state index is 0.619. The molecular formula is C17H22N2. The van der Waals surface area contributed by atoms with Crippen molar-refractivity contribution in [3.8, 4) is 0 Å². The molecule has 1 fully saturated rings. The molecule has 1 aliphatic rings. The normalized spacial score (nSPS) is 23.5. The summed E-state index contributed by atoms with van der Waals surface area (Å²) in [5.41, 5.74) is 3.43. The zero-order valence-corrected chi connectivity index (χ0v) is 11.8. The second kappa shape index (κ2) is 5.20. The van der Waals surface area contributed by atoms with Crippen molar-refractivity contribution in [1.29, 1.82) is 0 Å². The molecule has 0 saturated heterocycles. The topological polar surface area (TPSA) is 24.9 Å². The number of anilines is 1. The van der Waals surface area contributed by atoms with Crippen LogP contribution in [0.2, 0.25) is 0 Å². The van der Waals surface area contributed by atoms with Crippen LogP contribution in [-0.4, -0.2) is 11.0 Å². The summed E-state index contributed by atoms with van der Waals surface area (Å²) in [6.07, 6.45) is 5.31. The summed E-state index contributed by atoms with van der Waals surface area (Å²) >= 11 is 0. The van der Waals surface area contributed by atoms with Gasteiger partial charge in [-0.15, -0.1) is 0 Å². The molecular weight excluding hydrogens is 232 g/mol. The number of nitrogens with one attached hydrogen (secondary N) is 1. The van der Waals surface area contributed by atoms with E-state index in [1.807, 2.05) is 0 Å². The first kappa shape index (κ1) is 12.5. The maximum absolute atomic E-state index is 4.60. The lowest BCUT2D eigenvalue weighted by Gasteiger charge is -2.28. The van der Waals surface area contributed by atoms with Crippen molar-refractivity contribution < 1.29 is 0 Å². The summed E-state index contributed by atoms with van der Waals surface area (Å²) in [6.45, 7) is 4.44. The average molecular weight is 254 g/mol. The number of rotatable bonds is 2. The van der Waals surface area contributed by atoms with Gasteiger partial charge in [0.2, 0.25) is 0 Å². The maximum atomic E-state index is 4.60. The van der Waals surface area contributed by atoms with Crippen LogP contribution >= 0.6 is 0 Å². The Morgan fingerprint density at radius 3 is 2.89 bits per heavy atom. The van der Waals surface area contributed by atoms with Gasteiger partial charge in [-0.2, -0.15) is 0 Å². The molecule has 0 bridgehead atoms. The van der Waals surface area contributed by atoms with Gasteiger partial charge in [0.25, 0.3) is 0 Å². The lowest BCUT2D eigenvalue weighted by molar-refractivity contribution is 0.359. The Kier molecular flexibility index (Phi) is 3.41. The molecule has 1 aromatic heterocycles. The highest BCUT2D eigenvalue weighted by Gasteiger charge is 2.19. The van der Waals surface area contributed by atoms with Crippen LogP contribution in [0.3, 0.4) is 0 Å². The Morgan fingerprint density at radius 2 is 2.05 bits per heavy atom. The molecule has 1 saturated carbocycles. The molecule has 0 radical (unpaired) electrons. The van der Waals surface area contributed by atoms with E-state index < -0.39 is 0 Å². The van der Waals surface area contributed by atoms with Gasteiger partial charge >= 0.3 is 0 Å². The van der Waals surface area contributed by atoms with Crippen molar-refractivity contribution in [3.63, 3.8) is 0 Å². The summed E-state index contributed by atoms with van der Waals surface area (Å²) in [4.78, 5) is 4.60. The fraction of sp³-hybridized carbons (Fsp3) is 0.471. The van der Waals surface area contributed by atoms with Gasteiger partial charge in [-0.25, -0.2) is 0 Å². The van der Waals surface area contributed by atoms with Gasteiger partial charge in [0, 0.05) is 22.8 Å². The molecule has 1 aromatic carbocycles. The van der Waals surface area contributed by atoms with Crippen molar-refractivity contribution in [2.45, 2.75) is 45.6 Å². The third-order valence-electron chi connectivity index (χ3n) is 4.14. The molecule has 19 heavy (non-hydrogen) atoms. The van der Waals surface area contributed by atoms with Crippen molar-refractivity contribution in [1.82, 2.24) is 4.98 Å². The molecule has 2 unspecified atom stereocenters. The number of hydrogen-bond acceptors (Lipinski definition) is 2. The standard InChI is InChI=1S/C17H22N2/c1-12-6-5-7-14(10-12)19-17-11-13(2)18-16-9-4-3-8-15(16)17/h3-4,8-9,11-12,14H,5-7,10H2,1-2H3,(H,18,19). The van der Waals surface area contributed by atoms with Crippen LogP contribution in [0, 0.1) is 12.8 Å². The van der Waals surface area contributed by atoms with E-state index in [0.29, 0.717) is 6.04 Å². The third-order valence-corrected chi connectivity index (χ3v) is 4.14. The predicted octanol–water partition coefficient (Wildman–Crippen LogP) is 4.53. The average Bonchev–Trinajstić information content (AvgIpc) is 2.38. The van der Waals surface area contributed by atoms with E-state index in [9.17, 15) is 0 Å². The molecule has 2 atom stereocenters. The van der Waals surface area contributed by atoms with Crippen LogP contribution in [0.4, 0.5) is 5.69 Å². The Bertz CT molecular complexity index is 576. The summed E-state index contributed by atoms with van der Waals surface area (Å²) in [5, 5.41) is 5.00. The number of hydrogen-bond donors (Lipinski definition) is 1. The van der Waals surface area contributed by atoms with Crippen molar-refractivity contribution in [3.05, 3.63) is 36.0 Å². The minimum absolute atomic E-state index is 0.619. The first-order chi connectivity index (χ1) is 9.22. The van der Waals surface area contributed by atoms with Gasteiger partial charge in [-0.3, -0.25) is 4.98 Å². The number of aryl methyl sites for hydroxylation is 1. The molecule has 3 rings (SSSR count). The van der Waals surface area contributed by atoms with E-state index in [1.165, 1.54) is 36.8 Å². The Balaban J connectivity index is 1.91. The summed E-state index contributed by atoms with van der Waals surface area (Å²) in [6, 6.07) is 11.2. The number of nitrogens with zero attached hydrogens (tertiary/aromatic N) is 1. The van der Waals surface area contributed by atoms with Crippen LogP contribution in [0.5, 0.6) is 0 Å². The smallest absolute Gasteiger partial charge is 0.0725 e. The third kappa shape index (κ3) is 2.73. The number of para-hydroxylation sites is 1. The molecule has 1 N–H and O–H groups in total. The maximum Gasteiger partial charge on any atom is 0.0725 e. The molecule has 1 heterocycles. The molecule has 0 spiro atoms. The van der Waals surface area contributed by atoms with Crippen LogP contribution in [0.15, 0.2) is 30.3 Å². The number of pyridine rings is 1. The van der Waals surface area contributed by atoms with E-state index in [4.69, 9.17) is 0 Å².